The Morgan fingerprint density at radius 2 is 2.08 bits per heavy atom. The highest BCUT2D eigenvalue weighted by atomic mass is 79.9. The van der Waals surface area contributed by atoms with E-state index in [1.807, 2.05) is 12.1 Å². The van der Waals surface area contributed by atoms with Crippen LogP contribution in [0.5, 0.6) is 11.5 Å². The summed E-state index contributed by atoms with van der Waals surface area (Å²) in [6.07, 6.45) is 2.33. The normalized spacial score (nSPS) is 13.9. The molecular weight excluding hydrogens is 424 g/mol. The zero-order valence-electron chi connectivity index (χ0n) is 15.4. The van der Waals surface area contributed by atoms with Crippen LogP contribution in [0.25, 0.3) is 0 Å². The van der Waals surface area contributed by atoms with Gasteiger partial charge in [-0.05, 0) is 46.6 Å². The summed E-state index contributed by atoms with van der Waals surface area (Å²) < 4.78 is 17.2. The zero-order chi connectivity index (χ0) is 18.1. The number of nitrogens with one attached hydrogen (secondary N) is 1. The van der Waals surface area contributed by atoms with Crippen molar-refractivity contribution in [3.8, 4) is 11.5 Å². The molecule has 0 saturated carbocycles. The van der Waals surface area contributed by atoms with E-state index in [0.717, 1.165) is 29.5 Å². The molecule has 0 unspecified atom stereocenters. The van der Waals surface area contributed by atoms with Crippen LogP contribution in [0.4, 0.5) is 0 Å². The third kappa shape index (κ3) is 6.95. The van der Waals surface area contributed by atoms with E-state index >= 15 is 0 Å². The Morgan fingerprint density at radius 3 is 2.73 bits per heavy atom. The Bertz CT molecular complexity index is 568. The Labute approximate surface area is 170 Å². The number of nitrogens with zero attached hydrogens (tertiary/aromatic N) is 1. The molecule has 0 atom stereocenters. The van der Waals surface area contributed by atoms with E-state index in [9.17, 15) is 4.79 Å². The maximum Gasteiger partial charge on any atom is 0.260 e. The Morgan fingerprint density at radius 1 is 1.35 bits per heavy atom. The summed E-state index contributed by atoms with van der Waals surface area (Å²) in [5.41, 5.74) is 1.10. The van der Waals surface area contributed by atoms with Gasteiger partial charge in [0.1, 0.15) is 0 Å². The number of rotatable bonds is 9. The average molecular weight is 452 g/mol. The molecule has 1 aromatic carbocycles. The fraction of sp³-hybridized carbons (Fsp3) is 0.611. The van der Waals surface area contributed by atoms with Crippen LogP contribution in [0.1, 0.15) is 25.3 Å². The quantitative estimate of drug-likeness (QED) is 0.585. The lowest BCUT2D eigenvalue weighted by atomic mass is 10.2. The highest BCUT2D eigenvalue weighted by Crippen LogP contribution is 2.36. The predicted octanol–water partition coefficient (Wildman–Crippen LogP) is 3.01. The van der Waals surface area contributed by atoms with E-state index in [0.29, 0.717) is 37.8 Å². The molecule has 0 bridgehead atoms. The van der Waals surface area contributed by atoms with Crippen molar-refractivity contribution in [3.63, 3.8) is 0 Å². The van der Waals surface area contributed by atoms with Gasteiger partial charge in [0, 0.05) is 19.6 Å². The third-order valence-electron chi connectivity index (χ3n) is 4.03. The van der Waals surface area contributed by atoms with Crippen LogP contribution in [-0.4, -0.2) is 57.4 Å². The molecule has 1 saturated heterocycles. The minimum absolute atomic E-state index is 0. The summed E-state index contributed by atoms with van der Waals surface area (Å²) in [6, 6.07) is 3.94. The second kappa shape index (κ2) is 12.4. The van der Waals surface area contributed by atoms with Gasteiger partial charge in [-0.1, -0.05) is 13.3 Å². The molecule has 1 heterocycles. The molecular formula is C18H28BrClN2O4. The third-order valence-corrected chi connectivity index (χ3v) is 4.62. The van der Waals surface area contributed by atoms with Gasteiger partial charge in [-0.3, -0.25) is 4.79 Å². The summed E-state index contributed by atoms with van der Waals surface area (Å²) in [5, 5.41) is 3.40. The summed E-state index contributed by atoms with van der Waals surface area (Å²) in [7, 11) is 1.60. The van der Waals surface area contributed by atoms with Gasteiger partial charge in [-0.2, -0.15) is 0 Å². The minimum Gasteiger partial charge on any atom is -0.493 e. The van der Waals surface area contributed by atoms with Crippen molar-refractivity contribution in [2.75, 3.05) is 46.6 Å². The number of carbonyl (C=O) groups is 1. The number of hydrogen-bond acceptors (Lipinski definition) is 5. The van der Waals surface area contributed by atoms with Crippen molar-refractivity contribution >= 4 is 34.2 Å². The van der Waals surface area contributed by atoms with Gasteiger partial charge in [0.05, 0.1) is 24.8 Å². The molecule has 1 fully saturated rings. The van der Waals surface area contributed by atoms with Crippen molar-refractivity contribution < 1.29 is 19.0 Å². The molecule has 8 heteroatoms. The van der Waals surface area contributed by atoms with Gasteiger partial charge in [0.25, 0.3) is 5.91 Å². The number of methoxy groups -OCH3 is 1. The van der Waals surface area contributed by atoms with Gasteiger partial charge in [-0.15, -0.1) is 12.4 Å². The Balaban J connectivity index is 0.00000338. The second-order valence-corrected chi connectivity index (χ2v) is 6.78. The van der Waals surface area contributed by atoms with Crippen molar-refractivity contribution in [1.29, 1.82) is 0 Å². The van der Waals surface area contributed by atoms with Crippen LogP contribution in [0, 0.1) is 0 Å². The predicted molar refractivity (Wildman–Crippen MR) is 107 cm³/mol. The molecule has 2 rings (SSSR count). The number of halogens is 2. The molecule has 26 heavy (non-hydrogen) atoms. The van der Waals surface area contributed by atoms with Crippen LogP contribution in [0.3, 0.4) is 0 Å². The maximum atomic E-state index is 12.2. The number of ether oxygens (including phenoxy) is 3. The fourth-order valence-corrected chi connectivity index (χ4v) is 3.19. The molecule has 6 nitrogen and oxygen atoms in total. The molecule has 1 aliphatic rings. The first kappa shape index (κ1) is 23.0. The lowest BCUT2D eigenvalue weighted by molar-refractivity contribution is -0.137. The lowest BCUT2D eigenvalue weighted by Gasteiger charge is -2.27. The first-order valence-electron chi connectivity index (χ1n) is 8.71. The van der Waals surface area contributed by atoms with E-state index < -0.39 is 0 Å². The number of hydrogen-bond donors (Lipinski definition) is 1. The van der Waals surface area contributed by atoms with Crippen molar-refractivity contribution in [3.05, 3.63) is 22.2 Å². The minimum atomic E-state index is -0.0393. The molecule has 0 radical (unpaired) electrons. The van der Waals surface area contributed by atoms with Crippen molar-refractivity contribution in [2.45, 2.75) is 26.3 Å². The van der Waals surface area contributed by atoms with Gasteiger partial charge in [-0.25, -0.2) is 0 Å². The SMILES string of the molecule is CCCCNCc1cc(Br)c(OCC(=O)N2CCOCC2)c(OC)c1.Cl. The van der Waals surface area contributed by atoms with Gasteiger partial charge in [0.2, 0.25) is 0 Å². The summed E-state index contributed by atoms with van der Waals surface area (Å²) >= 11 is 3.53. The number of amides is 1. The van der Waals surface area contributed by atoms with E-state index in [4.69, 9.17) is 14.2 Å². The topological polar surface area (TPSA) is 60.0 Å². The summed E-state index contributed by atoms with van der Waals surface area (Å²) in [4.78, 5) is 14.0. The molecule has 0 aromatic heterocycles. The summed E-state index contributed by atoms with van der Waals surface area (Å²) in [5.74, 6) is 1.14. The zero-order valence-corrected chi connectivity index (χ0v) is 17.8. The van der Waals surface area contributed by atoms with Crippen LogP contribution in [0.15, 0.2) is 16.6 Å². The second-order valence-electron chi connectivity index (χ2n) is 5.92. The maximum absolute atomic E-state index is 12.2. The van der Waals surface area contributed by atoms with Gasteiger partial charge in [0.15, 0.2) is 18.1 Å². The molecule has 1 aliphatic heterocycles. The van der Waals surface area contributed by atoms with Crippen molar-refractivity contribution in [1.82, 2.24) is 10.2 Å². The van der Waals surface area contributed by atoms with E-state index in [1.54, 1.807) is 12.0 Å². The van der Waals surface area contributed by atoms with Gasteiger partial charge >= 0.3 is 0 Å². The number of morpholine rings is 1. The number of benzene rings is 1. The van der Waals surface area contributed by atoms with E-state index in [2.05, 4.69) is 28.2 Å². The molecule has 1 amide bonds. The Kier molecular flexibility index (Phi) is 11.0. The molecule has 148 valence electrons. The van der Waals surface area contributed by atoms with Crippen molar-refractivity contribution in [2.24, 2.45) is 0 Å². The summed E-state index contributed by atoms with van der Waals surface area (Å²) in [6.45, 7) is 6.31. The van der Waals surface area contributed by atoms with E-state index in [-0.39, 0.29) is 24.9 Å². The standard InChI is InChI=1S/C18H27BrN2O4.ClH/c1-3-4-5-20-12-14-10-15(19)18(16(11-14)23-2)25-13-17(22)21-6-8-24-9-7-21;/h10-11,20H,3-9,12-13H2,1-2H3;1H. The molecule has 1 N–H and O–H groups in total. The Hall–Kier alpha value is -1.02. The van der Waals surface area contributed by atoms with Crippen LogP contribution in [0.2, 0.25) is 0 Å². The highest BCUT2D eigenvalue weighted by molar-refractivity contribution is 9.10. The van der Waals surface area contributed by atoms with Crippen LogP contribution in [-0.2, 0) is 16.1 Å². The van der Waals surface area contributed by atoms with E-state index in [1.165, 1.54) is 6.42 Å². The highest BCUT2D eigenvalue weighted by Gasteiger charge is 2.19. The molecule has 0 aliphatic carbocycles. The fourth-order valence-electron chi connectivity index (χ4n) is 2.59. The number of carbonyl (C=O) groups excluding carboxylic acids is 1. The van der Waals surface area contributed by atoms with Crippen LogP contribution < -0.4 is 14.8 Å². The smallest absolute Gasteiger partial charge is 0.260 e. The first-order valence-corrected chi connectivity index (χ1v) is 9.50. The molecule has 0 spiro atoms. The lowest BCUT2D eigenvalue weighted by Crippen LogP contribution is -2.43. The monoisotopic (exact) mass is 450 g/mol. The first-order chi connectivity index (χ1) is 12.2. The largest absolute Gasteiger partial charge is 0.493 e. The average Bonchev–Trinajstić information content (AvgIpc) is 2.64. The van der Waals surface area contributed by atoms with Crippen LogP contribution >= 0.6 is 28.3 Å². The van der Waals surface area contributed by atoms with Gasteiger partial charge < -0.3 is 24.4 Å². The molecule has 1 aromatic rings. The number of unbranched alkanes of at least 4 members (excludes halogenated alkanes) is 1.